The molecule has 0 saturated carbocycles. The first-order valence-corrected chi connectivity index (χ1v) is 12.5. The summed E-state index contributed by atoms with van der Waals surface area (Å²) in [6, 6.07) is 8.19. The molecule has 170 valence electrons. The minimum absolute atomic E-state index is 0.371. The van der Waals surface area contributed by atoms with E-state index in [4.69, 9.17) is 0 Å². The smallest absolute Gasteiger partial charge is 0.243 e. The lowest BCUT2D eigenvalue weighted by Crippen LogP contribution is -2.45. The molecule has 1 aliphatic heterocycles. The molecule has 0 aliphatic carbocycles. The summed E-state index contributed by atoms with van der Waals surface area (Å²) in [5.41, 5.74) is 0.919. The molecule has 7 nitrogen and oxygen atoms in total. The fourth-order valence-corrected chi connectivity index (χ4v) is 5.48. The van der Waals surface area contributed by atoms with Gasteiger partial charge in [0.05, 0.1) is 4.90 Å². The lowest BCUT2D eigenvalue weighted by atomic mass is 10.2. The van der Waals surface area contributed by atoms with E-state index in [1.165, 1.54) is 0 Å². The molecular formula is C22H39N5O2S. The number of hydrogen-bond acceptors (Lipinski definition) is 4. The summed E-state index contributed by atoms with van der Waals surface area (Å²) in [5, 5.41) is 6.64. The molecular weight excluding hydrogens is 398 g/mol. The van der Waals surface area contributed by atoms with E-state index in [0.29, 0.717) is 42.6 Å². The van der Waals surface area contributed by atoms with Gasteiger partial charge < -0.3 is 10.6 Å². The number of nitrogens with zero attached hydrogens (tertiary/aromatic N) is 3. The number of sulfonamides is 1. The molecule has 1 heterocycles. The highest BCUT2D eigenvalue weighted by Crippen LogP contribution is 2.21. The number of piperidine rings is 1. The van der Waals surface area contributed by atoms with Crippen LogP contribution in [-0.2, 0) is 16.6 Å². The average Bonchev–Trinajstić information content (AvgIpc) is 2.73. The van der Waals surface area contributed by atoms with Crippen molar-refractivity contribution in [2.75, 3.05) is 33.2 Å². The van der Waals surface area contributed by atoms with E-state index in [1.807, 2.05) is 12.1 Å². The molecule has 0 bridgehead atoms. The maximum Gasteiger partial charge on any atom is 0.243 e. The third-order valence-electron chi connectivity index (χ3n) is 5.52. The second-order valence-corrected chi connectivity index (χ2v) is 10.3. The molecule has 2 rings (SSSR count). The van der Waals surface area contributed by atoms with Crippen LogP contribution in [0.25, 0.3) is 0 Å². The Balaban J connectivity index is 1.92. The maximum absolute atomic E-state index is 12.9. The second-order valence-electron chi connectivity index (χ2n) is 8.39. The summed E-state index contributed by atoms with van der Waals surface area (Å²) in [7, 11) is -1.67. The molecule has 0 spiro atoms. The van der Waals surface area contributed by atoms with Gasteiger partial charge in [0.25, 0.3) is 0 Å². The number of aliphatic imine (C=N–C) groups is 1. The van der Waals surface area contributed by atoms with E-state index >= 15 is 0 Å². The molecule has 1 aromatic carbocycles. The van der Waals surface area contributed by atoms with Crippen molar-refractivity contribution < 1.29 is 8.42 Å². The third kappa shape index (κ3) is 6.96. The van der Waals surface area contributed by atoms with Crippen LogP contribution in [0.1, 0.15) is 52.5 Å². The van der Waals surface area contributed by atoms with Crippen molar-refractivity contribution >= 4 is 16.0 Å². The van der Waals surface area contributed by atoms with Crippen LogP contribution in [0, 0.1) is 0 Å². The highest BCUT2D eigenvalue weighted by molar-refractivity contribution is 7.89. The highest BCUT2D eigenvalue weighted by atomic mass is 32.2. The predicted molar refractivity (Wildman–Crippen MR) is 124 cm³/mol. The van der Waals surface area contributed by atoms with E-state index in [0.717, 1.165) is 37.9 Å². The summed E-state index contributed by atoms with van der Waals surface area (Å²) in [6.45, 7) is 12.3. The summed E-state index contributed by atoms with van der Waals surface area (Å²) < 4.78 is 27.4. The lowest BCUT2D eigenvalue weighted by molar-refractivity contribution is 0.178. The zero-order valence-electron chi connectivity index (χ0n) is 19.2. The molecule has 1 fully saturated rings. The van der Waals surface area contributed by atoms with Crippen molar-refractivity contribution in [1.82, 2.24) is 19.8 Å². The van der Waals surface area contributed by atoms with Gasteiger partial charge in [0.2, 0.25) is 10.0 Å². The highest BCUT2D eigenvalue weighted by Gasteiger charge is 2.25. The number of guanidine groups is 1. The zero-order valence-corrected chi connectivity index (χ0v) is 20.0. The van der Waals surface area contributed by atoms with Crippen LogP contribution < -0.4 is 10.6 Å². The van der Waals surface area contributed by atoms with Gasteiger partial charge in [0, 0.05) is 51.9 Å². The van der Waals surface area contributed by atoms with Gasteiger partial charge in [0.1, 0.15) is 0 Å². The Hall–Kier alpha value is -1.64. The topological polar surface area (TPSA) is 77.0 Å². The van der Waals surface area contributed by atoms with Gasteiger partial charge in [0.15, 0.2) is 5.96 Å². The van der Waals surface area contributed by atoms with Gasteiger partial charge in [-0.3, -0.25) is 9.89 Å². The van der Waals surface area contributed by atoms with Crippen LogP contribution in [-0.4, -0.2) is 68.9 Å². The average molecular weight is 438 g/mol. The van der Waals surface area contributed by atoms with Gasteiger partial charge in [-0.2, -0.15) is 4.31 Å². The summed E-state index contributed by atoms with van der Waals surface area (Å²) in [6.07, 6.45) is 2.98. The van der Waals surface area contributed by atoms with Gasteiger partial charge in [-0.15, -0.1) is 0 Å². The Morgan fingerprint density at radius 3 is 2.37 bits per heavy atom. The van der Waals surface area contributed by atoms with Crippen molar-refractivity contribution in [3.63, 3.8) is 0 Å². The van der Waals surface area contributed by atoms with Gasteiger partial charge in [-0.1, -0.05) is 18.6 Å². The Labute approximate surface area is 183 Å². The van der Waals surface area contributed by atoms with Crippen LogP contribution in [0.2, 0.25) is 0 Å². The first kappa shape index (κ1) is 24.6. The molecule has 2 N–H and O–H groups in total. The molecule has 0 aromatic heterocycles. The molecule has 1 saturated heterocycles. The van der Waals surface area contributed by atoms with Crippen molar-refractivity contribution in [3.05, 3.63) is 29.8 Å². The van der Waals surface area contributed by atoms with Crippen molar-refractivity contribution in [2.45, 2.75) is 70.5 Å². The second kappa shape index (κ2) is 11.7. The summed E-state index contributed by atoms with van der Waals surface area (Å²) >= 11 is 0. The first-order valence-electron chi connectivity index (χ1n) is 11.0. The normalized spacial score (nSPS) is 16.5. The number of hydrogen-bond donors (Lipinski definition) is 2. The monoisotopic (exact) mass is 437 g/mol. The number of rotatable bonds is 9. The number of nitrogens with one attached hydrogen (secondary N) is 2. The molecule has 1 aliphatic rings. The first-order chi connectivity index (χ1) is 14.3. The Morgan fingerprint density at radius 1 is 1.10 bits per heavy atom. The minimum Gasteiger partial charge on any atom is -0.355 e. The number of benzene rings is 1. The van der Waals surface area contributed by atoms with Crippen LogP contribution >= 0.6 is 0 Å². The van der Waals surface area contributed by atoms with Crippen LogP contribution in [0.5, 0.6) is 0 Å². The molecule has 0 unspecified atom stereocenters. The van der Waals surface area contributed by atoms with E-state index in [2.05, 4.69) is 48.2 Å². The van der Waals surface area contributed by atoms with Crippen molar-refractivity contribution in [3.8, 4) is 0 Å². The van der Waals surface area contributed by atoms with Crippen molar-refractivity contribution in [1.29, 1.82) is 0 Å². The standard InChI is InChI=1S/C22H39N5O2S/c1-18(2)27(19(3)4)15-12-24-22(23-5)25-17-20-10-9-11-21(16-20)30(28,29)26-13-7-6-8-14-26/h9-11,16,18-19H,6-8,12-15,17H2,1-5H3,(H2,23,24,25). The fraction of sp³-hybridized carbons (Fsp3) is 0.682. The van der Waals surface area contributed by atoms with Gasteiger partial charge >= 0.3 is 0 Å². The van der Waals surface area contributed by atoms with E-state index in [-0.39, 0.29) is 0 Å². The zero-order chi connectivity index (χ0) is 22.1. The van der Waals surface area contributed by atoms with E-state index in [1.54, 1.807) is 23.5 Å². The van der Waals surface area contributed by atoms with Crippen LogP contribution in [0.3, 0.4) is 0 Å². The minimum atomic E-state index is -3.41. The SMILES string of the molecule is CN=C(NCCN(C(C)C)C(C)C)NCc1cccc(S(=O)(=O)N2CCCCC2)c1. The third-order valence-corrected chi connectivity index (χ3v) is 7.42. The summed E-state index contributed by atoms with van der Waals surface area (Å²) in [4.78, 5) is 7.08. The molecule has 30 heavy (non-hydrogen) atoms. The van der Waals surface area contributed by atoms with E-state index in [9.17, 15) is 8.42 Å². The summed E-state index contributed by atoms with van der Waals surface area (Å²) in [5.74, 6) is 0.715. The molecule has 0 atom stereocenters. The molecule has 1 aromatic rings. The fourth-order valence-electron chi connectivity index (χ4n) is 3.89. The van der Waals surface area contributed by atoms with Crippen LogP contribution in [0.4, 0.5) is 0 Å². The quantitative estimate of drug-likeness (QED) is 0.459. The lowest BCUT2D eigenvalue weighted by Gasteiger charge is -2.30. The largest absolute Gasteiger partial charge is 0.355 e. The predicted octanol–water partition coefficient (Wildman–Crippen LogP) is 2.65. The Kier molecular flexibility index (Phi) is 9.58. The Bertz CT molecular complexity index is 778. The van der Waals surface area contributed by atoms with Gasteiger partial charge in [-0.05, 0) is 58.2 Å². The van der Waals surface area contributed by atoms with Gasteiger partial charge in [-0.25, -0.2) is 8.42 Å². The molecule has 0 radical (unpaired) electrons. The van der Waals surface area contributed by atoms with Crippen molar-refractivity contribution in [2.24, 2.45) is 4.99 Å². The molecule has 0 amide bonds. The maximum atomic E-state index is 12.9. The molecule has 8 heteroatoms. The Morgan fingerprint density at radius 2 is 1.77 bits per heavy atom. The van der Waals surface area contributed by atoms with E-state index < -0.39 is 10.0 Å². The van der Waals surface area contributed by atoms with Crippen LogP contribution in [0.15, 0.2) is 34.2 Å².